The molecule has 0 aliphatic carbocycles. The van der Waals surface area contributed by atoms with Crippen LogP contribution in [0.5, 0.6) is 5.75 Å². The van der Waals surface area contributed by atoms with E-state index in [-0.39, 0.29) is 0 Å². The lowest BCUT2D eigenvalue weighted by Gasteiger charge is -2.05. The van der Waals surface area contributed by atoms with Gasteiger partial charge in [0.1, 0.15) is 12.4 Å². The molecule has 78 valence electrons. The average molecular weight is 268 g/mol. The van der Waals surface area contributed by atoms with E-state index in [0.29, 0.717) is 13.2 Å². The molecule has 1 heterocycles. The van der Waals surface area contributed by atoms with Crippen LogP contribution in [0, 0.1) is 0 Å². The number of nitrogens with zero attached hydrogens (tertiary/aromatic N) is 3. The molecule has 4 nitrogen and oxygen atoms in total. The predicted octanol–water partition coefficient (Wildman–Crippen LogP) is 2.12. The summed E-state index contributed by atoms with van der Waals surface area (Å²) < 4.78 is 8.29. The third-order valence-corrected chi connectivity index (χ3v) is 2.35. The molecule has 2 rings (SSSR count). The number of aromatic nitrogens is 3. The maximum Gasteiger partial charge on any atom is 0.120 e. The van der Waals surface area contributed by atoms with Gasteiger partial charge in [0.05, 0.1) is 12.7 Å². The van der Waals surface area contributed by atoms with Gasteiger partial charge < -0.3 is 4.74 Å². The van der Waals surface area contributed by atoms with Gasteiger partial charge in [0.25, 0.3) is 0 Å². The molecule has 0 spiro atoms. The molecular formula is C10H10BrN3O. The number of rotatable bonds is 4. The van der Waals surface area contributed by atoms with E-state index in [2.05, 4.69) is 26.2 Å². The molecule has 0 aliphatic rings. The van der Waals surface area contributed by atoms with Gasteiger partial charge in [0.15, 0.2) is 0 Å². The highest BCUT2D eigenvalue weighted by Crippen LogP contribution is 2.17. The zero-order chi connectivity index (χ0) is 10.5. The first-order valence-corrected chi connectivity index (χ1v) is 5.36. The van der Waals surface area contributed by atoms with Crippen molar-refractivity contribution in [3.63, 3.8) is 0 Å². The molecule has 0 N–H and O–H groups in total. The summed E-state index contributed by atoms with van der Waals surface area (Å²) in [6.45, 7) is 1.28. The van der Waals surface area contributed by atoms with Crippen molar-refractivity contribution in [2.24, 2.45) is 0 Å². The van der Waals surface area contributed by atoms with Gasteiger partial charge in [-0.2, -0.15) is 0 Å². The van der Waals surface area contributed by atoms with Crippen LogP contribution in [0.25, 0.3) is 0 Å². The summed E-state index contributed by atoms with van der Waals surface area (Å²) in [4.78, 5) is 0. The maximum atomic E-state index is 5.54. The van der Waals surface area contributed by atoms with Crippen molar-refractivity contribution in [3.8, 4) is 5.75 Å². The lowest BCUT2D eigenvalue weighted by molar-refractivity contribution is 0.289. The lowest BCUT2D eigenvalue weighted by Crippen LogP contribution is -2.08. The highest BCUT2D eigenvalue weighted by atomic mass is 79.9. The summed E-state index contributed by atoms with van der Waals surface area (Å²) in [5.41, 5.74) is 0. The lowest BCUT2D eigenvalue weighted by atomic mass is 10.3. The molecule has 0 aliphatic heterocycles. The Kier molecular flexibility index (Phi) is 3.34. The second-order valence-corrected chi connectivity index (χ2v) is 3.89. The van der Waals surface area contributed by atoms with Crippen molar-refractivity contribution < 1.29 is 4.74 Å². The fraction of sp³-hybridized carbons (Fsp3) is 0.200. The Hall–Kier alpha value is -1.36. The van der Waals surface area contributed by atoms with Gasteiger partial charge in [-0.15, -0.1) is 5.10 Å². The molecular weight excluding hydrogens is 258 g/mol. The molecule has 1 aromatic heterocycles. The Morgan fingerprint density at radius 3 is 3.07 bits per heavy atom. The van der Waals surface area contributed by atoms with Crippen LogP contribution < -0.4 is 4.74 Å². The van der Waals surface area contributed by atoms with Crippen molar-refractivity contribution >= 4 is 15.9 Å². The Morgan fingerprint density at radius 2 is 2.33 bits per heavy atom. The van der Waals surface area contributed by atoms with Gasteiger partial charge in [-0.1, -0.05) is 27.2 Å². The van der Waals surface area contributed by atoms with Crippen molar-refractivity contribution in [1.29, 1.82) is 0 Å². The van der Waals surface area contributed by atoms with Crippen LogP contribution in [-0.2, 0) is 6.54 Å². The molecule has 0 fully saturated rings. The Morgan fingerprint density at radius 1 is 1.40 bits per heavy atom. The Balaban J connectivity index is 1.83. The van der Waals surface area contributed by atoms with Gasteiger partial charge in [0.2, 0.25) is 0 Å². The van der Waals surface area contributed by atoms with Gasteiger partial charge in [-0.25, -0.2) is 4.68 Å². The molecule has 0 saturated carbocycles. The molecule has 0 saturated heterocycles. The monoisotopic (exact) mass is 267 g/mol. The molecule has 0 bridgehead atoms. The van der Waals surface area contributed by atoms with Gasteiger partial charge in [0, 0.05) is 10.7 Å². The summed E-state index contributed by atoms with van der Waals surface area (Å²) in [5.74, 6) is 0.851. The fourth-order valence-electron chi connectivity index (χ4n) is 1.17. The first kappa shape index (κ1) is 10.2. The van der Waals surface area contributed by atoms with Gasteiger partial charge in [-0.05, 0) is 18.2 Å². The van der Waals surface area contributed by atoms with Crippen molar-refractivity contribution in [1.82, 2.24) is 15.0 Å². The van der Waals surface area contributed by atoms with Crippen LogP contribution >= 0.6 is 15.9 Å². The predicted molar refractivity (Wildman–Crippen MR) is 59.7 cm³/mol. The molecule has 0 atom stereocenters. The number of benzene rings is 1. The largest absolute Gasteiger partial charge is 0.492 e. The van der Waals surface area contributed by atoms with E-state index in [4.69, 9.17) is 4.74 Å². The summed E-state index contributed by atoms with van der Waals surface area (Å²) in [6, 6.07) is 7.76. The molecule has 0 amide bonds. The first-order valence-electron chi connectivity index (χ1n) is 4.57. The average Bonchev–Trinajstić information content (AvgIpc) is 2.71. The first-order chi connectivity index (χ1) is 7.34. The van der Waals surface area contributed by atoms with E-state index < -0.39 is 0 Å². The number of ether oxygens (including phenoxy) is 1. The van der Waals surface area contributed by atoms with Crippen molar-refractivity contribution in [3.05, 3.63) is 41.1 Å². The zero-order valence-electron chi connectivity index (χ0n) is 8.01. The van der Waals surface area contributed by atoms with E-state index in [9.17, 15) is 0 Å². The topological polar surface area (TPSA) is 39.9 Å². The quantitative estimate of drug-likeness (QED) is 0.852. The Bertz CT molecular complexity index is 416. The second-order valence-electron chi connectivity index (χ2n) is 2.97. The SMILES string of the molecule is Brc1cccc(OCCn2ccnn2)c1. The van der Waals surface area contributed by atoms with Gasteiger partial charge in [-0.3, -0.25) is 0 Å². The van der Waals surface area contributed by atoms with Crippen LogP contribution in [-0.4, -0.2) is 21.6 Å². The van der Waals surface area contributed by atoms with Crippen LogP contribution in [0.1, 0.15) is 0 Å². The van der Waals surface area contributed by atoms with Crippen molar-refractivity contribution in [2.75, 3.05) is 6.61 Å². The third kappa shape index (κ3) is 3.06. The van der Waals surface area contributed by atoms with E-state index in [0.717, 1.165) is 10.2 Å². The van der Waals surface area contributed by atoms with Crippen LogP contribution in [0.3, 0.4) is 0 Å². The number of halogens is 1. The van der Waals surface area contributed by atoms with E-state index in [1.54, 1.807) is 10.9 Å². The van der Waals surface area contributed by atoms with Crippen LogP contribution in [0.2, 0.25) is 0 Å². The molecule has 2 aromatic rings. The summed E-state index contributed by atoms with van der Waals surface area (Å²) >= 11 is 3.39. The van der Waals surface area contributed by atoms with E-state index in [1.807, 2.05) is 30.5 Å². The molecule has 1 aromatic carbocycles. The molecule has 0 radical (unpaired) electrons. The Labute approximate surface area is 96.0 Å². The molecule has 5 heteroatoms. The summed E-state index contributed by atoms with van der Waals surface area (Å²) in [7, 11) is 0. The smallest absolute Gasteiger partial charge is 0.120 e. The van der Waals surface area contributed by atoms with E-state index in [1.165, 1.54) is 0 Å². The maximum absolute atomic E-state index is 5.54. The highest BCUT2D eigenvalue weighted by molar-refractivity contribution is 9.10. The minimum absolute atomic E-state index is 0.583. The van der Waals surface area contributed by atoms with Crippen molar-refractivity contribution in [2.45, 2.75) is 6.54 Å². The fourth-order valence-corrected chi connectivity index (χ4v) is 1.54. The van der Waals surface area contributed by atoms with Gasteiger partial charge >= 0.3 is 0 Å². The normalized spacial score (nSPS) is 10.2. The highest BCUT2D eigenvalue weighted by Gasteiger charge is 1.95. The summed E-state index contributed by atoms with van der Waals surface area (Å²) in [6.07, 6.45) is 3.46. The second kappa shape index (κ2) is 4.93. The number of hydrogen-bond acceptors (Lipinski definition) is 3. The summed E-state index contributed by atoms with van der Waals surface area (Å²) in [5, 5.41) is 7.55. The third-order valence-electron chi connectivity index (χ3n) is 1.86. The van der Waals surface area contributed by atoms with Crippen LogP contribution in [0.4, 0.5) is 0 Å². The minimum Gasteiger partial charge on any atom is -0.492 e. The van der Waals surface area contributed by atoms with E-state index >= 15 is 0 Å². The van der Waals surface area contributed by atoms with Crippen LogP contribution in [0.15, 0.2) is 41.1 Å². The number of hydrogen-bond donors (Lipinski definition) is 0. The zero-order valence-corrected chi connectivity index (χ0v) is 9.59. The molecule has 0 unspecified atom stereocenters. The minimum atomic E-state index is 0.583. The standard InChI is InChI=1S/C10H10BrN3O/c11-9-2-1-3-10(8-9)15-7-6-14-5-4-12-13-14/h1-5,8H,6-7H2. The molecule has 15 heavy (non-hydrogen) atoms.